The minimum absolute atomic E-state index is 0. The third kappa shape index (κ3) is 6.63. The Bertz CT molecular complexity index is 1310. The van der Waals surface area contributed by atoms with Gasteiger partial charge >= 0.3 is 0 Å². The predicted molar refractivity (Wildman–Crippen MR) is 164 cm³/mol. The smallest absolute Gasteiger partial charge is 0.242 e. The maximum Gasteiger partial charge on any atom is 0.242 e. The van der Waals surface area contributed by atoms with Gasteiger partial charge < -0.3 is 15.1 Å². The Labute approximate surface area is 244 Å². The number of amides is 2. The average molecular weight is 566 g/mol. The molecule has 2 aliphatic rings. The van der Waals surface area contributed by atoms with E-state index in [2.05, 4.69) is 60.2 Å². The zero-order chi connectivity index (χ0) is 27.4. The molecule has 2 heterocycles. The number of carbonyl (C=O) groups excluding carboxylic acids is 2. The summed E-state index contributed by atoms with van der Waals surface area (Å²) in [6.07, 6.45) is 9.57. The van der Waals surface area contributed by atoms with E-state index in [1.807, 2.05) is 16.8 Å². The summed E-state index contributed by atoms with van der Waals surface area (Å²) in [6, 6.07) is 12.9. The van der Waals surface area contributed by atoms with E-state index >= 15 is 0 Å². The van der Waals surface area contributed by atoms with Gasteiger partial charge in [0.05, 0.1) is 18.6 Å². The Kier molecular flexibility index (Phi) is 10.1. The van der Waals surface area contributed by atoms with Crippen LogP contribution in [0.15, 0.2) is 36.4 Å². The Hall–Kier alpha value is -3.06. The molecule has 40 heavy (non-hydrogen) atoms. The summed E-state index contributed by atoms with van der Waals surface area (Å²) in [4.78, 5) is 30.5. The number of nitrogens with zero attached hydrogens (tertiary/aromatic N) is 4. The van der Waals surface area contributed by atoms with Gasteiger partial charge in [0.1, 0.15) is 0 Å². The van der Waals surface area contributed by atoms with Crippen molar-refractivity contribution in [2.75, 3.05) is 31.6 Å². The number of unbranched alkanes of at least 4 members (excludes halogenated alkanes) is 2. The largest absolute Gasteiger partial charge is 0.355 e. The van der Waals surface area contributed by atoms with Gasteiger partial charge in [-0.05, 0) is 74.3 Å². The summed E-state index contributed by atoms with van der Waals surface area (Å²) < 4.78 is 2.17. The van der Waals surface area contributed by atoms with Crippen molar-refractivity contribution in [1.82, 2.24) is 20.0 Å². The van der Waals surface area contributed by atoms with E-state index in [1.54, 1.807) is 0 Å². The number of anilines is 1. The fourth-order valence-corrected chi connectivity index (χ4v) is 6.20. The molecule has 2 aromatic carbocycles. The monoisotopic (exact) mass is 565 g/mol. The van der Waals surface area contributed by atoms with Gasteiger partial charge in [0.2, 0.25) is 11.8 Å². The van der Waals surface area contributed by atoms with Crippen molar-refractivity contribution in [3.05, 3.63) is 58.8 Å². The van der Waals surface area contributed by atoms with Gasteiger partial charge in [-0.2, -0.15) is 5.10 Å². The van der Waals surface area contributed by atoms with Crippen LogP contribution in [0.3, 0.4) is 0 Å². The number of likely N-dealkylation sites (N-methyl/N-ethyl adjacent to an activating group) is 1. The van der Waals surface area contributed by atoms with Gasteiger partial charge in [-0.15, -0.1) is 12.4 Å². The standard InChI is InChI=1S/C32H43N5O2.ClH/c1-4-5-10-15-33-31(38)21-36(22-32(39)35(3)26-18-24-12-8-9-13-25(24)19-26)30-20-28-27(17-23(30)2)29-14-7-6-11-16-37(29)34-28;/h8-9,12-13,17,20,26H,4-7,10-11,14-16,18-19,21-22H2,1-3H3,(H,33,38);1H. The molecule has 0 radical (unpaired) electrons. The van der Waals surface area contributed by atoms with E-state index < -0.39 is 0 Å². The molecule has 0 unspecified atom stereocenters. The van der Waals surface area contributed by atoms with Gasteiger partial charge in [-0.3, -0.25) is 14.3 Å². The van der Waals surface area contributed by atoms with Crippen LogP contribution in [0.5, 0.6) is 0 Å². The second kappa shape index (κ2) is 13.5. The predicted octanol–water partition coefficient (Wildman–Crippen LogP) is 5.23. The first-order valence-corrected chi connectivity index (χ1v) is 14.8. The number of hydrogen-bond donors (Lipinski definition) is 1. The summed E-state index contributed by atoms with van der Waals surface area (Å²) >= 11 is 0. The van der Waals surface area contributed by atoms with E-state index in [-0.39, 0.29) is 43.4 Å². The molecule has 1 aliphatic heterocycles. The molecule has 0 saturated carbocycles. The summed E-state index contributed by atoms with van der Waals surface area (Å²) in [5.74, 6) is -0.0124. The van der Waals surface area contributed by atoms with Gasteiger partial charge in [0, 0.05) is 42.9 Å². The minimum Gasteiger partial charge on any atom is -0.355 e. The minimum atomic E-state index is -0.0463. The quantitative estimate of drug-likeness (QED) is 0.342. The van der Waals surface area contributed by atoms with Gasteiger partial charge in [0.15, 0.2) is 0 Å². The number of aryl methyl sites for hydroxylation is 3. The van der Waals surface area contributed by atoms with E-state index in [4.69, 9.17) is 5.10 Å². The third-order valence-electron chi connectivity index (χ3n) is 8.52. The fourth-order valence-electron chi connectivity index (χ4n) is 6.20. The molecular weight excluding hydrogens is 522 g/mol. The van der Waals surface area contributed by atoms with Crippen LogP contribution in [0.25, 0.3) is 10.9 Å². The van der Waals surface area contributed by atoms with Crippen molar-refractivity contribution in [2.24, 2.45) is 0 Å². The van der Waals surface area contributed by atoms with Crippen molar-refractivity contribution in [2.45, 2.75) is 84.2 Å². The lowest BCUT2D eigenvalue weighted by atomic mass is 10.1. The van der Waals surface area contributed by atoms with Gasteiger partial charge in [-0.25, -0.2) is 0 Å². The molecule has 1 N–H and O–H groups in total. The Morgan fingerprint density at radius 3 is 2.52 bits per heavy atom. The summed E-state index contributed by atoms with van der Waals surface area (Å²) in [6.45, 7) is 6.17. The molecule has 0 fully saturated rings. The Morgan fingerprint density at radius 1 is 1.05 bits per heavy atom. The van der Waals surface area contributed by atoms with E-state index in [1.165, 1.54) is 35.0 Å². The Morgan fingerprint density at radius 2 is 1.80 bits per heavy atom. The van der Waals surface area contributed by atoms with E-state index in [0.29, 0.717) is 6.54 Å². The van der Waals surface area contributed by atoms with Crippen molar-refractivity contribution in [3.63, 3.8) is 0 Å². The van der Waals surface area contributed by atoms with Crippen molar-refractivity contribution < 1.29 is 9.59 Å². The molecule has 5 rings (SSSR count). The van der Waals surface area contributed by atoms with Crippen LogP contribution in [-0.2, 0) is 35.4 Å². The summed E-state index contributed by atoms with van der Waals surface area (Å²) in [7, 11) is 1.91. The van der Waals surface area contributed by atoms with E-state index in [9.17, 15) is 9.59 Å². The molecule has 7 nitrogen and oxygen atoms in total. The van der Waals surface area contributed by atoms with Crippen LogP contribution >= 0.6 is 12.4 Å². The van der Waals surface area contributed by atoms with Gasteiger partial charge in [0.25, 0.3) is 0 Å². The topological polar surface area (TPSA) is 70.5 Å². The maximum atomic E-state index is 13.7. The molecule has 0 atom stereocenters. The number of halogens is 1. The normalized spacial score (nSPS) is 14.7. The van der Waals surface area contributed by atoms with Crippen LogP contribution in [0.1, 0.15) is 67.8 Å². The van der Waals surface area contributed by atoms with Crippen LogP contribution < -0.4 is 10.2 Å². The van der Waals surface area contributed by atoms with Crippen LogP contribution in [0.2, 0.25) is 0 Å². The lowest BCUT2D eigenvalue weighted by Crippen LogP contribution is -2.47. The number of rotatable bonds is 10. The molecule has 1 aliphatic carbocycles. The molecule has 3 aromatic rings. The zero-order valence-electron chi connectivity index (χ0n) is 24.2. The summed E-state index contributed by atoms with van der Waals surface area (Å²) in [5, 5.41) is 9.21. The van der Waals surface area contributed by atoms with Crippen molar-refractivity contribution in [3.8, 4) is 0 Å². The Balaban J connectivity index is 0.00000370. The highest BCUT2D eigenvalue weighted by atomic mass is 35.5. The lowest BCUT2D eigenvalue weighted by molar-refractivity contribution is -0.130. The molecule has 2 amide bonds. The second-order valence-electron chi connectivity index (χ2n) is 11.4. The average Bonchev–Trinajstić information content (AvgIpc) is 3.42. The molecule has 0 saturated heterocycles. The zero-order valence-corrected chi connectivity index (χ0v) is 25.1. The van der Waals surface area contributed by atoms with E-state index in [0.717, 1.165) is 68.3 Å². The summed E-state index contributed by atoms with van der Waals surface area (Å²) in [5.41, 5.74) is 6.90. The number of nitrogens with one attached hydrogen (secondary N) is 1. The number of benzene rings is 2. The molecule has 0 bridgehead atoms. The van der Waals surface area contributed by atoms with Crippen LogP contribution in [-0.4, -0.2) is 59.2 Å². The SMILES string of the molecule is CCCCCNC(=O)CN(CC(=O)N(C)C1Cc2ccccc2C1)c1cc2nn3c(c2cc1C)CCCCC3.Cl. The van der Waals surface area contributed by atoms with Crippen LogP contribution in [0.4, 0.5) is 5.69 Å². The lowest BCUT2D eigenvalue weighted by Gasteiger charge is -2.30. The fraction of sp³-hybridized carbons (Fsp3) is 0.531. The van der Waals surface area contributed by atoms with Crippen molar-refractivity contribution >= 4 is 40.8 Å². The number of hydrogen-bond acceptors (Lipinski definition) is 4. The number of carbonyl (C=O) groups is 2. The first-order chi connectivity index (χ1) is 18.9. The number of aromatic nitrogens is 2. The third-order valence-corrected chi connectivity index (χ3v) is 8.52. The molecule has 216 valence electrons. The highest BCUT2D eigenvalue weighted by Gasteiger charge is 2.29. The van der Waals surface area contributed by atoms with Crippen molar-refractivity contribution in [1.29, 1.82) is 0 Å². The highest BCUT2D eigenvalue weighted by molar-refractivity contribution is 5.91. The van der Waals surface area contributed by atoms with Crippen LogP contribution in [0, 0.1) is 6.92 Å². The first-order valence-electron chi connectivity index (χ1n) is 14.8. The first kappa shape index (κ1) is 29.9. The molecule has 1 aromatic heterocycles. The number of fused-ring (bicyclic) bond motifs is 4. The molecule has 0 spiro atoms. The maximum absolute atomic E-state index is 13.7. The highest BCUT2D eigenvalue weighted by Crippen LogP contribution is 2.31. The second-order valence-corrected chi connectivity index (χ2v) is 11.4. The molecule has 8 heteroatoms. The van der Waals surface area contributed by atoms with Gasteiger partial charge in [-0.1, -0.05) is 50.5 Å². The molecular formula is C32H44ClN5O2.